The van der Waals surface area contributed by atoms with E-state index in [1.807, 2.05) is 0 Å². The molecule has 11 heavy (non-hydrogen) atoms. The summed E-state index contributed by atoms with van der Waals surface area (Å²) in [6.07, 6.45) is 4.51. The van der Waals surface area contributed by atoms with Gasteiger partial charge in [0.1, 0.15) is 0 Å². The molecule has 0 saturated heterocycles. The van der Waals surface area contributed by atoms with Crippen LogP contribution in [0.15, 0.2) is 0 Å². The maximum absolute atomic E-state index is 8.49. The van der Waals surface area contributed by atoms with Gasteiger partial charge in [0.05, 0.1) is 6.07 Å². The number of rotatable bonds is 6. The number of hydrogen-bond acceptors (Lipinski definition) is 2. The van der Waals surface area contributed by atoms with Crippen molar-refractivity contribution in [1.29, 1.82) is 5.26 Å². The van der Waals surface area contributed by atoms with Crippen LogP contribution in [0.2, 0.25) is 0 Å². The average molecular weight is 220 g/mol. The summed E-state index contributed by atoms with van der Waals surface area (Å²) in [7, 11) is 0. The standard InChI is InChI=1S/C8H14BrNO/c9-8(5-3-6-10)4-1-2-7-11/h8,11H,1-5,7H2. The second kappa shape index (κ2) is 8.03. The summed E-state index contributed by atoms with van der Waals surface area (Å²) in [4.78, 5) is 0.452. The van der Waals surface area contributed by atoms with Crippen LogP contribution in [0.25, 0.3) is 0 Å². The van der Waals surface area contributed by atoms with Crippen molar-refractivity contribution in [2.75, 3.05) is 6.61 Å². The minimum Gasteiger partial charge on any atom is -0.396 e. The van der Waals surface area contributed by atoms with Gasteiger partial charge in [-0.2, -0.15) is 5.26 Å². The fourth-order valence-corrected chi connectivity index (χ4v) is 1.40. The first-order chi connectivity index (χ1) is 5.31. The van der Waals surface area contributed by atoms with Crippen LogP contribution in [0.5, 0.6) is 0 Å². The summed E-state index contributed by atoms with van der Waals surface area (Å²) in [6, 6.07) is 2.11. The Labute approximate surface area is 76.3 Å². The van der Waals surface area contributed by atoms with E-state index in [4.69, 9.17) is 10.4 Å². The Bertz CT molecular complexity index is 122. The molecule has 1 unspecified atom stereocenters. The van der Waals surface area contributed by atoms with Crippen LogP contribution in [0, 0.1) is 11.3 Å². The van der Waals surface area contributed by atoms with E-state index in [1.54, 1.807) is 0 Å². The first-order valence-corrected chi connectivity index (χ1v) is 4.84. The Kier molecular flexibility index (Phi) is 7.98. The second-order valence-electron chi connectivity index (χ2n) is 2.51. The molecule has 0 fully saturated rings. The molecule has 0 aromatic rings. The lowest BCUT2D eigenvalue weighted by atomic mass is 10.1. The SMILES string of the molecule is N#CCCC(Br)CCCCO. The molecule has 0 saturated carbocycles. The molecule has 0 aliphatic heterocycles. The molecule has 1 atom stereocenters. The number of aliphatic hydroxyl groups is 1. The summed E-state index contributed by atoms with van der Waals surface area (Å²) in [6.45, 7) is 0.276. The van der Waals surface area contributed by atoms with Gasteiger partial charge in [0.15, 0.2) is 0 Å². The molecule has 64 valence electrons. The molecular formula is C8H14BrNO. The molecule has 0 radical (unpaired) electrons. The molecule has 0 spiro atoms. The van der Waals surface area contributed by atoms with Gasteiger partial charge in [-0.05, 0) is 19.3 Å². The lowest BCUT2D eigenvalue weighted by Gasteiger charge is -2.05. The third-order valence-electron chi connectivity index (χ3n) is 1.49. The Balaban J connectivity index is 3.10. The van der Waals surface area contributed by atoms with Gasteiger partial charge in [-0.25, -0.2) is 0 Å². The first-order valence-electron chi connectivity index (χ1n) is 3.93. The van der Waals surface area contributed by atoms with E-state index >= 15 is 0 Å². The van der Waals surface area contributed by atoms with Gasteiger partial charge >= 0.3 is 0 Å². The molecule has 2 nitrogen and oxygen atoms in total. The summed E-state index contributed by atoms with van der Waals surface area (Å²) >= 11 is 3.48. The maximum Gasteiger partial charge on any atom is 0.0622 e. The van der Waals surface area contributed by atoms with Crippen LogP contribution in [0.1, 0.15) is 32.1 Å². The summed E-state index contributed by atoms with van der Waals surface area (Å²) < 4.78 is 0. The molecule has 0 aromatic heterocycles. The normalized spacial score (nSPS) is 12.5. The van der Waals surface area contributed by atoms with E-state index in [1.165, 1.54) is 0 Å². The smallest absolute Gasteiger partial charge is 0.0622 e. The lowest BCUT2D eigenvalue weighted by Crippen LogP contribution is -1.97. The predicted octanol–water partition coefficient (Wildman–Crippen LogP) is 2.22. The summed E-state index contributed by atoms with van der Waals surface area (Å²) in [5, 5.41) is 16.8. The van der Waals surface area contributed by atoms with E-state index in [0.29, 0.717) is 11.2 Å². The van der Waals surface area contributed by atoms with Crippen LogP contribution in [-0.4, -0.2) is 16.5 Å². The van der Waals surface area contributed by atoms with E-state index < -0.39 is 0 Å². The highest BCUT2D eigenvalue weighted by Gasteiger charge is 2.01. The van der Waals surface area contributed by atoms with E-state index in [-0.39, 0.29) is 6.61 Å². The summed E-state index contributed by atoms with van der Waals surface area (Å²) in [5.74, 6) is 0. The largest absolute Gasteiger partial charge is 0.396 e. The van der Waals surface area contributed by atoms with Gasteiger partial charge in [-0.15, -0.1) is 0 Å². The zero-order chi connectivity index (χ0) is 8.53. The van der Waals surface area contributed by atoms with Crippen LogP contribution >= 0.6 is 15.9 Å². The molecule has 3 heteroatoms. The van der Waals surface area contributed by atoms with Crippen molar-refractivity contribution >= 4 is 15.9 Å². The third-order valence-corrected chi connectivity index (χ3v) is 2.41. The number of unbranched alkanes of at least 4 members (excludes halogenated alkanes) is 1. The molecule has 0 rings (SSSR count). The van der Waals surface area contributed by atoms with E-state index in [2.05, 4.69) is 22.0 Å². The Hall–Kier alpha value is -0.0700. The van der Waals surface area contributed by atoms with Gasteiger partial charge in [-0.3, -0.25) is 0 Å². The van der Waals surface area contributed by atoms with Gasteiger partial charge in [0, 0.05) is 17.9 Å². The number of aliphatic hydroxyl groups excluding tert-OH is 1. The summed E-state index contributed by atoms with van der Waals surface area (Å²) in [5.41, 5.74) is 0. The first kappa shape index (κ1) is 10.9. The second-order valence-corrected chi connectivity index (χ2v) is 3.81. The van der Waals surface area contributed by atoms with Crippen LogP contribution in [0.4, 0.5) is 0 Å². The molecule has 0 aliphatic rings. The van der Waals surface area contributed by atoms with Crippen LogP contribution in [-0.2, 0) is 0 Å². The fourth-order valence-electron chi connectivity index (χ4n) is 0.843. The Morgan fingerprint density at radius 2 is 2.09 bits per heavy atom. The fraction of sp³-hybridized carbons (Fsp3) is 0.875. The van der Waals surface area contributed by atoms with Crippen molar-refractivity contribution in [1.82, 2.24) is 0 Å². The van der Waals surface area contributed by atoms with Crippen molar-refractivity contribution in [3.05, 3.63) is 0 Å². The highest BCUT2D eigenvalue weighted by Crippen LogP contribution is 2.14. The van der Waals surface area contributed by atoms with Gasteiger partial charge in [0.25, 0.3) is 0 Å². The van der Waals surface area contributed by atoms with Crippen molar-refractivity contribution < 1.29 is 5.11 Å². The molecule has 0 aliphatic carbocycles. The average Bonchev–Trinajstić information content (AvgIpc) is 2.01. The quantitative estimate of drug-likeness (QED) is 0.550. The monoisotopic (exact) mass is 219 g/mol. The predicted molar refractivity (Wildman–Crippen MR) is 48.5 cm³/mol. The maximum atomic E-state index is 8.49. The molecule has 0 bridgehead atoms. The molecule has 0 heterocycles. The zero-order valence-electron chi connectivity index (χ0n) is 6.59. The molecular weight excluding hydrogens is 206 g/mol. The van der Waals surface area contributed by atoms with Crippen molar-refractivity contribution in [3.63, 3.8) is 0 Å². The minimum absolute atomic E-state index is 0.276. The van der Waals surface area contributed by atoms with Gasteiger partial charge < -0.3 is 5.11 Å². The van der Waals surface area contributed by atoms with Crippen molar-refractivity contribution in [2.24, 2.45) is 0 Å². The molecule has 0 amide bonds. The third kappa shape index (κ3) is 7.83. The number of halogens is 1. The lowest BCUT2D eigenvalue weighted by molar-refractivity contribution is 0.283. The van der Waals surface area contributed by atoms with Crippen molar-refractivity contribution in [3.8, 4) is 6.07 Å². The van der Waals surface area contributed by atoms with Gasteiger partial charge in [-0.1, -0.05) is 22.4 Å². The topological polar surface area (TPSA) is 44.0 Å². The minimum atomic E-state index is 0.276. The van der Waals surface area contributed by atoms with Crippen LogP contribution in [0.3, 0.4) is 0 Å². The molecule has 1 N–H and O–H groups in total. The van der Waals surface area contributed by atoms with Gasteiger partial charge in [0.2, 0.25) is 0 Å². The number of nitriles is 1. The Morgan fingerprint density at radius 3 is 2.64 bits per heavy atom. The molecule has 0 aromatic carbocycles. The van der Waals surface area contributed by atoms with Crippen molar-refractivity contribution in [2.45, 2.75) is 36.9 Å². The highest BCUT2D eigenvalue weighted by molar-refractivity contribution is 9.09. The number of hydrogen-bond donors (Lipinski definition) is 1. The Morgan fingerprint density at radius 1 is 1.36 bits per heavy atom. The van der Waals surface area contributed by atoms with Crippen LogP contribution < -0.4 is 0 Å². The zero-order valence-corrected chi connectivity index (χ0v) is 8.18. The van der Waals surface area contributed by atoms with E-state index in [9.17, 15) is 0 Å². The number of alkyl halides is 1. The number of nitrogens with zero attached hydrogens (tertiary/aromatic N) is 1. The highest BCUT2D eigenvalue weighted by atomic mass is 79.9. The van der Waals surface area contributed by atoms with E-state index in [0.717, 1.165) is 25.7 Å².